The number of aryl methyl sites for hydroxylation is 1. The number of anilines is 1. The largest absolute Gasteiger partial charge is 0.334 e. The van der Waals surface area contributed by atoms with E-state index in [-0.39, 0.29) is 18.2 Å². The van der Waals surface area contributed by atoms with E-state index < -0.39 is 5.82 Å². The first-order valence-electron chi connectivity index (χ1n) is 12.3. The summed E-state index contributed by atoms with van der Waals surface area (Å²) >= 11 is 6.75. The van der Waals surface area contributed by atoms with Gasteiger partial charge < -0.3 is 9.47 Å². The van der Waals surface area contributed by atoms with Crippen LogP contribution in [0.2, 0.25) is 5.02 Å². The Kier molecular flexibility index (Phi) is 7.39. The number of aromatic nitrogens is 2. The van der Waals surface area contributed by atoms with Crippen LogP contribution in [0, 0.1) is 5.82 Å². The second kappa shape index (κ2) is 11.1. The summed E-state index contributed by atoms with van der Waals surface area (Å²) in [6.45, 7) is 1.54. The minimum atomic E-state index is -0.520. The molecule has 5 rings (SSSR count). The molecule has 0 aliphatic rings. The normalized spacial score (nSPS) is 11.3. The van der Waals surface area contributed by atoms with Crippen molar-refractivity contribution in [2.24, 2.45) is 7.05 Å². The van der Waals surface area contributed by atoms with Gasteiger partial charge in [0.15, 0.2) is 5.78 Å². The van der Waals surface area contributed by atoms with E-state index in [4.69, 9.17) is 11.6 Å². The van der Waals surface area contributed by atoms with Crippen molar-refractivity contribution >= 4 is 46.1 Å². The number of imidazole rings is 1. The molecule has 0 aliphatic carbocycles. The van der Waals surface area contributed by atoms with Crippen molar-refractivity contribution in [1.29, 1.82) is 0 Å². The molecule has 4 aromatic carbocycles. The number of allylic oxidation sites excluding steroid dienone is 1. The SMILES string of the molecule is CC(=O)/C=C/c1cc(F)cc(N(Cc2ccc(-c3ccc4c(c3)ncn4C)cc2Cl)C(=O)c2ccccc2)c1. The molecular formula is C32H25ClFN3O2. The average Bonchev–Trinajstić information content (AvgIpc) is 3.31. The molecule has 0 N–H and O–H groups in total. The third kappa shape index (κ3) is 5.81. The first kappa shape index (κ1) is 26.1. The maximum atomic E-state index is 14.7. The van der Waals surface area contributed by atoms with Gasteiger partial charge in [-0.05, 0) is 83.8 Å². The van der Waals surface area contributed by atoms with Gasteiger partial charge in [0.05, 0.1) is 23.9 Å². The quantitative estimate of drug-likeness (QED) is 0.202. The van der Waals surface area contributed by atoms with Gasteiger partial charge in [-0.3, -0.25) is 9.59 Å². The highest BCUT2D eigenvalue weighted by molar-refractivity contribution is 6.31. The van der Waals surface area contributed by atoms with Crippen LogP contribution in [0.3, 0.4) is 0 Å². The zero-order chi connectivity index (χ0) is 27.5. The van der Waals surface area contributed by atoms with Gasteiger partial charge in [-0.2, -0.15) is 0 Å². The van der Waals surface area contributed by atoms with Crippen LogP contribution in [-0.4, -0.2) is 21.2 Å². The molecule has 0 saturated carbocycles. The zero-order valence-electron chi connectivity index (χ0n) is 21.4. The van der Waals surface area contributed by atoms with E-state index in [9.17, 15) is 14.0 Å². The first-order valence-corrected chi connectivity index (χ1v) is 12.7. The van der Waals surface area contributed by atoms with E-state index in [1.807, 2.05) is 54.1 Å². The van der Waals surface area contributed by atoms with Gasteiger partial charge in [0.2, 0.25) is 0 Å². The van der Waals surface area contributed by atoms with Crippen molar-refractivity contribution in [3.8, 4) is 11.1 Å². The summed E-state index contributed by atoms with van der Waals surface area (Å²) in [6.07, 6.45) is 4.66. The van der Waals surface area contributed by atoms with Gasteiger partial charge in [0, 0.05) is 23.3 Å². The first-order chi connectivity index (χ1) is 18.8. The maximum absolute atomic E-state index is 14.7. The van der Waals surface area contributed by atoms with Crippen LogP contribution in [0.4, 0.5) is 10.1 Å². The van der Waals surface area contributed by atoms with Crippen LogP contribution in [-0.2, 0) is 18.4 Å². The molecule has 0 unspecified atom stereocenters. The van der Waals surface area contributed by atoms with E-state index in [0.717, 1.165) is 22.2 Å². The number of nitrogens with zero attached hydrogens (tertiary/aromatic N) is 3. The highest BCUT2D eigenvalue weighted by Gasteiger charge is 2.21. The molecule has 0 saturated heterocycles. The molecule has 5 nitrogen and oxygen atoms in total. The van der Waals surface area contributed by atoms with Gasteiger partial charge in [0.1, 0.15) is 5.82 Å². The minimum Gasteiger partial charge on any atom is -0.334 e. The number of hydrogen-bond acceptors (Lipinski definition) is 3. The molecule has 0 fully saturated rings. The van der Waals surface area contributed by atoms with Crippen molar-refractivity contribution in [2.75, 3.05) is 4.90 Å². The fourth-order valence-electron chi connectivity index (χ4n) is 4.42. The van der Waals surface area contributed by atoms with Crippen LogP contribution < -0.4 is 4.90 Å². The predicted molar refractivity (Wildman–Crippen MR) is 154 cm³/mol. The molecule has 0 bridgehead atoms. The number of amides is 1. The van der Waals surface area contributed by atoms with Crippen molar-refractivity contribution in [1.82, 2.24) is 9.55 Å². The summed E-state index contributed by atoms with van der Waals surface area (Å²) in [6, 6.07) is 24.8. The summed E-state index contributed by atoms with van der Waals surface area (Å²) in [4.78, 5) is 31.0. The van der Waals surface area contributed by atoms with Crippen LogP contribution >= 0.6 is 11.6 Å². The summed E-state index contributed by atoms with van der Waals surface area (Å²) in [5.41, 5.74) is 5.79. The number of benzene rings is 4. The monoisotopic (exact) mass is 537 g/mol. The number of ketones is 1. The lowest BCUT2D eigenvalue weighted by atomic mass is 10.0. The molecule has 7 heteroatoms. The smallest absolute Gasteiger partial charge is 0.258 e. The Morgan fingerprint density at radius 2 is 1.72 bits per heavy atom. The Labute approximate surface area is 230 Å². The molecule has 1 aromatic heterocycles. The Bertz CT molecular complexity index is 1730. The number of hydrogen-bond donors (Lipinski definition) is 0. The Morgan fingerprint density at radius 3 is 2.46 bits per heavy atom. The minimum absolute atomic E-state index is 0.117. The topological polar surface area (TPSA) is 55.2 Å². The Hall–Kier alpha value is -4.55. The second-order valence-corrected chi connectivity index (χ2v) is 9.72. The third-order valence-electron chi connectivity index (χ3n) is 6.43. The van der Waals surface area contributed by atoms with Gasteiger partial charge >= 0.3 is 0 Å². The summed E-state index contributed by atoms with van der Waals surface area (Å²) in [5, 5.41) is 0.479. The number of carbonyl (C=O) groups is 2. The second-order valence-electron chi connectivity index (χ2n) is 9.31. The standard InChI is InChI=1S/C32H25ClFN3O2/c1-21(38)8-9-22-14-27(34)18-28(15-22)37(32(39)23-6-4-3-5-7-23)19-26-11-10-24(16-29(26)33)25-12-13-31-30(17-25)35-20-36(31)2/h3-18,20H,19H2,1-2H3/b9-8+. The maximum Gasteiger partial charge on any atom is 0.258 e. The van der Waals surface area contributed by atoms with Gasteiger partial charge in [-0.1, -0.05) is 54.1 Å². The number of halogens is 2. The predicted octanol–water partition coefficient (Wildman–Crippen LogP) is 7.48. The lowest BCUT2D eigenvalue weighted by Crippen LogP contribution is -2.30. The molecule has 194 valence electrons. The van der Waals surface area contributed by atoms with E-state index in [2.05, 4.69) is 4.98 Å². The molecule has 0 spiro atoms. The number of carbonyl (C=O) groups excluding carboxylic acids is 2. The molecule has 0 aliphatic heterocycles. The van der Waals surface area contributed by atoms with E-state index >= 15 is 0 Å². The highest BCUT2D eigenvalue weighted by Crippen LogP contribution is 2.31. The summed E-state index contributed by atoms with van der Waals surface area (Å²) in [5.74, 6) is -0.983. The number of fused-ring (bicyclic) bond motifs is 1. The number of rotatable bonds is 7. The molecule has 1 heterocycles. The summed E-state index contributed by atoms with van der Waals surface area (Å²) in [7, 11) is 1.95. The molecule has 0 atom stereocenters. The zero-order valence-corrected chi connectivity index (χ0v) is 22.2. The lowest BCUT2D eigenvalue weighted by Gasteiger charge is -2.24. The van der Waals surface area contributed by atoms with E-state index in [1.165, 1.54) is 36.1 Å². The van der Waals surface area contributed by atoms with Crippen LogP contribution in [0.1, 0.15) is 28.4 Å². The van der Waals surface area contributed by atoms with Crippen molar-refractivity contribution in [2.45, 2.75) is 13.5 Å². The molecule has 5 aromatic rings. The fraction of sp³-hybridized carbons (Fsp3) is 0.0938. The molecule has 39 heavy (non-hydrogen) atoms. The molecule has 1 amide bonds. The molecular weight excluding hydrogens is 513 g/mol. The third-order valence-corrected chi connectivity index (χ3v) is 6.79. The van der Waals surface area contributed by atoms with E-state index in [0.29, 0.717) is 27.4 Å². The van der Waals surface area contributed by atoms with Crippen molar-refractivity contribution < 1.29 is 14.0 Å². The van der Waals surface area contributed by atoms with Crippen LogP contribution in [0.5, 0.6) is 0 Å². The lowest BCUT2D eigenvalue weighted by molar-refractivity contribution is -0.112. The van der Waals surface area contributed by atoms with Crippen LogP contribution in [0.25, 0.3) is 28.2 Å². The van der Waals surface area contributed by atoms with Crippen LogP contribution in [0.15, 0.2) is 97.3 Å². The van der Waals surface area contributed by atoms with E-state index in [1.54, 1.807) is 36.7 Å². The Balaban J connectivity index is 1.51. The van der Waals surface area contributed by atoms with Gasteiger partial charge in [0.25, 0.3) is 5.91 Å². The fourth-order valence-corrected chi connectivity index (χ4v) is 4.66. The summed E-state index contributed by atoms with van der Waals surface area (Å²) < 4.78 is 16.6. The molecule has 0 radical (unpaired) electrons. The van der Waals surface area contributed by atoms with Crippen molar-refractivity contribution in [3.63, 3.8) is 0 Å². The highest BCUT2D eigenvalue weighted by atomic mass is 35.5. The van der Waals surface area contributed by atoms with Gasteiger partial charge in [-0.15, -0.1) is 0 Å². The average molecular weight is 538 g/mol. The Morgan fingerprint density at radius 1 is 0.974 bits per heavy atom. The van der Waals surface area contributed by atoms with Crippen molar-refractivity contribution in [3.05, 3.63) is 125 Å². The van der Waals surface area contributed by atoms with Gasteiger partial charge in [-0.25, -0.2) is 9.37 Å².